The minimum Gasteiger partial charge on any atom is -0.396 e. The number of alkyl halides is 4. The Morgan fingerprint density at radius 2 is 1.27 bits per heavy atom. The molecule has 1 rings (SSSR count). The van der Waals surface area contributed by atoms with Crippen molar-refractivity contribution in [3.05, 3.63) is 0 Å². The van der Waals surface area contributed by atoms with Crippen LogP contribution in [0.2, 0.25) is 0 Å². The van der Waals surface area contributed by atoms with Crippen LogP contribution in [0.5, 0.6) is 0 Å². The fourth-order valence-corrected chi connectivity index (χ4v) is 4.40. The summed E-state index contributed by atoms with van der Waals surface area (Å²) in [5.41, 5.74) is -0.282. The average molecular weight is 638 g/mol. The van der Waals surface area contributed by atoms with Gasteiger partial charge in [-0.3, -0.25) is 0 Å². The number of halogens is 4. The fraction of sp³-hybridized carbons (Fsp3) is 0.941. The molecule has 0 unspecified atom stereocenters. The summed E-state index contributed by atoms with van der Waals surface area (Å²) in [6.07, 6.45) is 0. The Kier molecular flexibility index (Phi) is 20.1. The van der Waals surface area contributed by atoms with Gasteiger partial charge in [0.25, 0.3) is 0 Å². The number of hydrogen-bond acceptors (Lipinski definition) is 5. The maximum Gasteiger partial charge on any atom is 0.162 e. The molecule has 0 aromatic rings. The van der Waals surface area contributed by atoms with Crippen LogP contribution in [0.15, 0.2) is 0 Å². The quantitative estimate of drug-likeness (QED) is 0.419. The Labute approximate surface area is 192 Å². The lowest BCUT2D eigenvalue weighted by Gasteiger charge is -2.41. The summed E-state index contributed by atoms with van der Waals surface area (Å²) in [4.78, 5) is 9.44. The molecular formula is C17H34Br4O5. The monoisotopic (exact) mass is 634 g/mol. The number of rotatable bonds is 6. The van der Waals surface area contributed by atoms with Gasteiger partial charge in [-0.05, 0) is 27.7 Å². The van der Waals surface area contributed by atoms with Crippen molar-refractivity contribution in [3.8, 4) is 0 Å². The van der Waals surface area contributed by atoms with Crippen molar-refractivity contribution in [2.24, 2.45) is 10.8 Å². The number of hydrogen-bond donors (Lipinski definition) is 2. The van der Waals surface area contributed by atoms with Crippen LogP contribution in [-0.4, -0.2) is 69.5 Å². The second kappa shape index (κ2) is 16.3. The molecule has 5 nitrogen and oxygen atoms in total. The Bertz CT molecular complexity index is 326. The highest BCUT2D eigenvalue weighted by Gasteiger charge is 2.38. The zero-order valence-corrected chi connectivity index (χ0v) is 21.6. The largest absolute Gasteiger partial charge is 0.396 e. The summed E-state index contributed by atoms with van der Waals surface area (Å²) < 4.78 is 11.2. The van der Waals surface area contributed by atoms with Crippen LogP contribution in [0.3, 0.4) is 0 Å². The lowest BCUT2D eigenvalue weighted by molar-refractivity contribution is -0.276. The van der Waals surface area contributed by atoms with Crippen LogP contribution in [0.1, 0.15) is 35.1 Å². The van der Waals surface area contributed by atoms with Gasteiger partial charge in [-0.25, -0.2) is 0 Å². The van der Waals surface area contributed by atoms with E-state index in [4.69, 9.17) is 19.7 Å². The standard InChI is InChI=1S/C8H14Br2O2.C5H10Br2O2.C3H6O.CH4/c1-7(2)11-5-8(3-9,4-10)6-12-7;6-1-5(2-7,3-8)4-9;1-3(2)4;/h3-6H2,1-2H3;8-9H,1-4H2;1-2H3;1H4. The van der Waals surface area contributed by atoms with Crippen molar-refractivity contribution in [2.45, 2.75) is 40.9 Å². The first-order valence-electron chi connectivity index (χ1n) is 7.72. The van der Waals surface area contributed by atoms with Gasteiger partial charge in [0.05, 0.1) is 26.4 Å². The first-order valence-corrected chi connectivity index (χ1v) is 12.2. The molecule has 26 heavy (non-hydrogen) atoms. The minimum absolute atomic E-state index is 0. The van der Waals surface area contributed by atoms with Crippen LogP contribution >= 0.6 is 63.7 Å². The zero-order chi connectivity index (χ0) is 20.1. The smallest absolute Gasteiger partial charge is 0.162 e. The van der Waals surface area contributed by atoms with E-state index in [2.05, 4.69) is 63.7 Å². The van der Waals surface area contributed by atoms with Crippen molar-refractivity contribution in [1.29, 1.82) is 0 Å². The van der Waals surface area contributed by atoms with Gasteiger partial charge in [0, 0.05) is 32.2 Å². The highest BCUT2D eigenvalue weighted by Crippen LogP contribution is 2.32. The summed E-state index contributed by atoms with van der Waals surface area (Å²) in [5, 5.41) is 20.5. The molecule has 0 atom stereocenters. The van der Waals surface area contributed by atoms with Gasteiger partial charge in [-0.2, -0.15) is 0 Å². The predicted octanol–water partition coefficient (Wildman–Crippen LogP) is 4.52. The van der Waals surface area contributed by atoms with Crippen LogP contribution in [-0.2, 0) is 14.3 Å². The van der Waals surface area contributed by atoms with Gasteiger partial charge in [0.2, 0.25) is 0 Å². The molecule has 0 aliphatic carbocycles. The van der Waals surface area contributed by atoms with E-state index in [1.807, 2.05) is 13.8 Å². The molecular weight excluding hydrogens is 604 g/mol. The van der Waals surface area contributed by atoms with Crippen LogP contribution < -0.4 is 0 Å². The van der Waals surface area contributed by atoms with E-state index in [0.717, 1.165) is 23.9 Å². The summed E-state index contributed by atoms with van der Waals surface area (Å²) in [6, 6.07) is 0. The van der Waals surface area contributed by atoms with Gasteiger partial charge < -0.3 is 24.5 Å². The van der Waals surface area contributed by atoms with Crippen molar-refractivity contribution < 1.29 is 24.5 Å². The van der Waals surface area contributed by atoms with Gasteiger partial charge >= 0.3 is 0 Å². The predicted molar refractivity (Wildman–Crippen MR) is 123 cm³/mol. The maximum absolute atomic E-state index is 9.44. The van der Waals surface area contributed by atoms with Crippen molar-refractivity contribution in [3.63, 3.8) is 0 Å². The van der Waals surface area contributed by atoms with Gasteiger partial charge in [0.15, 0.2) is 5.79 Å². The van der Waals surface area contributed by atoms with E-state index in [1.165, 1.54) is 13.8 Å². The molecule has 9 heteroatoms. The third-order valence-electron chi connectivity index (χ3n) is 3.26. The lowest BCUT2D eigenvalue weighted by atomic mass is 9.95. The van der Waals surface area contributed by atoms with E-state index < -0.39 is 5.79 Å². The Morgan fingerprint density at radius 3 is 1.42 bits per heavy atom. The van der Waals surface area contributed by atoms with Crippen molar-refractivity contribution >= 4 is 69.5 Å². The number of ether oxygens (including phenoxy) is 2. The van der Waals surface area contributed by atoms with E-state index >= 15 is 0 Å². The van der Waals surface area contributed by atoms with E-state index in [1.54, 1.807) is 0 Å². The first kappa shape index (κ1) is 32.1. The van der Waals surface area contributed by atoms with Crippen LogP contribution in [0, 0.1) is 10.8 Å². The zero-order valence-electron chi connectivity index (χ0n) is 15.3. The van der Waals surface area contributed by atoms with Gasteiger partial charge in [-0.15, -0.1) is 0 Å². The highest BCUT2D eigenvalue weighted by molar-refractivity contribution is 9.10. The molecule has 0 aromatic carbocycles. The number of Topliss-reactive ketones (excluding diaryl/α,β-unsaturated/α-hetero) is 1. The number of aliphatic hydroxyl groups excluding tert-OH is 2. The molecule has 1 aliphatic heterocycles. The third-order valence-corrected chi connectivity index (χ3v) is 8.01. The van der Waals surface area contributed by atoms with E-state index in [0.29, 0.717) is 10.7 Å². The number of ketones is 1. The minimum atomic E-state index is -0.409. The molecule has 160 valence electrons. The third kappa shape index (κ3) is 13.6. The molecule has 0 amide bonds. The normalized spacial score (nSPS) is 17.6. The Morgan fingerprint density at radius 1 is 0.962 bits per heavy atom. The summed E-state index contributed by atoms with van der Waals surface area (Å²) in [7, 11) is 0. The molecule has 1 saturated heterocycles. The van der Waals surface area contributed by atoms with Crippen LogP contribution in [0.25, 0.3) is 0 Å². The van der Waals surface area contributed by atoms with E-state index in [-0.39, 0.29) is 37.3 Å². The SMILES string of the molecule is C.CC(C)=O.CC1(C)OCC(CBr)(CBr)CO1.OCC(CO)(CBr)CBr. The topological polar surface area (TPSA) is 76.0 Å². The summed E-state index contributed by atoms with van der Waals surface area (Å²) in [5.74, 6) is -0.242. The molecule has 2 N–H and O–H groups in total. The maximum atomic E-state index is 9.44. The van der Waals surface area contributed by atoms with Gasteiger partial charge in [0.1, 0.15) is 5.78 Å². The summed E-state index contributed by atoms with van der Waals surface area (Å²) in [6.45, 7) is 8.44. The fourth-order valence-electron chi connectivity index (χ4n) is 1.18. The molecule has 1 heterocycles. The molecule has 0 aromatic heterocycles. The lowest BCUT2D eigenvalue weighted by Crippen LogP contribution is -2.48. The van der Waals surface area contributed by atoms with E-state index in [9.17, 15) is 4.79 Å². The average Bonchev–Trinajstić information content (AvgIpc) is 2.58. The second-order valence-electron chi connectivity index (χ2n) is 6.74. The second-order valence-corrected chi connectivity index (χ2v) is 8.98. The van der Waals surface area contributed by atoms with Crippen LogP contribution in [0.4, 0.5) is 0 Å². The highest BCUT2D eigenvalue weighted by atomic mass is 79.9. The number of aliphatic hydroxyl groups is 2. The molecule has 0 spiro atoms. The molecule has 1 fully saturated rings. The van der Waals surface area contributed by atoms with Crippen molar-refractivity contribution in [2.75, 3.05) is 47.7 Å². The Balaban J connectivity index is -0.000000337. The van der Waals surface area contributed by atoms with Gasteiger partial charge in [-0.1, -0.05) is 71.1 Å². The number of carbonyl (C=O) groups excluding carboxylic acids is 1. The summed E-state index contributed by atoms with van der Waals surface area (Å²) >= 11 is 13.4. The van der Waals surface area contributed by atoms with Crippen molar-refractivity contribution in [1.82, 2.24) is 0 Å². The molecule has 0 bridgehead atoms. The molecule has 0 saturated carbocycles. The number of carbonyl (C=O) groups is 1. The molecule has 0 radical (unpaired) electrons. The molecule has 1 aliphatic rings. The Hall–Kier alpha value is 1.43. The first-order chi connectivity index (χ1) is 11.5.